The molecule has 1 aromatic rings. The molecule has 0 fully saturated rings. The van der Waals surface area contributed by atoms with Crippen LogP contribution in [0, 0.1) is 12.8 Å². The Morgan fingerprint density at radius 2 is 2.08 bits per heavy atom. The third kappa shape index (κ3) is 3.04. The molecule has 0 saturated carbocycles. The molecule has 0 radical (unpaired) electrons. The first-order valence-corrected chi connectivity index (χ1v) is 8.01. The predicted molar refractivity (Wildman–Crippen MR) is 88.5 cm³/mol. The Labute approximate surface area is 140 Å². The molecule has 0 spiro atoms. The number of allylic oxidation sites excluding steroid dienone is 1. The van der Waals surface area contributed by atoms with Gasteiger partial charge < -0.3 is 15.4 Å². The summed E-state index contributed by atoms with van der Waals surface area (Å²) in [5.74, 6) is -0.688. The number of carbonyl (C=O) groups is 3. The summed E-state index contributed by atoms with van der Waals surface area (Å²) in [6.45, 7) is 1.87. The molecule has 3 rings (SSSR count). The van der Waals surface area contributed by atoms with Crippen molar-refractivity contribution in [3.8, 4) is 5.75 Å². The van der Waals surface area contributed by atoms with Crippen molar-refractivity contribution < 1.29 is 19.1 Å². The zero-order valence-electron chi connectivity index (χ0n) is 13.8. The molecule has 0 bridgehead atoms. The van der Waals surface area contributed by atoms with Crippen LogP contribution in [-0.4, -0.2) is 24.7 Å². The van der Waals surface area contributed by atoms with E-state index in [0.29, 0.717) is 42.0 Å². The van der Waals surface area contributed by atoms with E-state index in [2.05, 4.69) is 10.6 Å². The highest BCUT2D eigenvalue weighted by molar-refractivity contribution is 6.09. The van der Waals surface area contributed by atoms with Gasteiger partial charge in [0, 0.05) is 35.9 Å². The van der Waals surface area contributed by atoms with Crippen molar-refractivity contribution in [3.63, 3.8) is 0 Å². The van der Waals surface area contributed by atoms with Crippen LogP contribution in [0.1, 0.15) is 31.2 Å². The molecule has 1 aromatic carbocycles. The average Bonchev–Trinajstić information content (AvgIpc) is 2.56. The van der Waals surface area contributed by atoms with Gasteiger partial charge in [-0.05, 0) is 31.4 Å². The van der Waals surface area contributed by atoms with Gasteiger partial charge in [-0.25, -0.2) is 0 Å². The second-order valence-corrected chi connectivity index (χ2v) is 6.14. The summed E-state index contributed by atoms with van der Waals surface area (Å²) in [4.78, 5) is 36.9. The Balaban J connectivity index is 1.89. The van der Waals surface area contributed by atoms with Crippen LogP contribution < -0.4 is 15.4 Å². The van der Waals surface area contributed by atoms with Crippen LogP contribution in [0.25, 0.3) is 0 Å². The van der Waals surface area contributed by atoms with E-state index < -0.39 is 5.92 Å². The number of rotatable bonds is 3. The second-order valence-electron chi connectivity index (χ2n) is 6.14. The van der Waals surface area contributed by atoms with E-state index in [1.807, 2.05) is 19.1 Å². The molecule has 126 valence electrons. The highest BCUT2D eigenvalue weighted by Gasteiger charge is 2.37. The Kier molecular flexibility index (Phi) is 4.38. The number of methoxy groups -OCH3 is 1. The van der Waals surface area contributed by atoms with Gasteiger partial charge in [0.2, 0.25) is 11.8 Å². The lowest BCUT2D eigenvalue weighted by Gasteiger charge is -2.30. The number of amides is 2. The van der Waals surface area contributed by atoms with Crippen molar-refractivity contribution in [1.29, 1.82) is 0 Å². The van der Waals surface area contributed by atoms with Crippen LogP contribution in [0.15, 0.2) is 29.5 Å². The monoisotopic (exact) mass is 328 g/mol. The van der Waals surface area contributed by atoms with E-state index >= 15 is 0 Å². The SMILES string of the molecule is COc1ccc(C)c(NC(=O)[C@H]2CC(=O)NC3=C2C(=O)CCC3)c1. The molecule has 2 N–H and O–H groups in total. The summed E-state index contributed by atoms with van der Waals surface area (Å²) in [6.07, 6.45) is 1.77. The van der Waals surface area contributed by atoms with E-state index in [1.54, 1.807) is 13.2 Å². The molecule has 6 heteroatoms. The number of ether oxygens (including phenoxy) is 1. The summed E-state index contributed by atoms with van der Waals surface area (Å²) in [5.41, 5.74) is 2.59. The van der Waals surface area contributed by atoms with Gasteiger partial charge in [0.1, 0.15) is 5.75 Å². The van der Waals surface area contributed by atoms with E-state index in [1.165, 1.54) is 0 Å². The first-order valence-electron chi connectivity index (χ1n) is 8.01. The maximum absolute atomic E-state index is 12.7. The van der Waals surface area contributed by atoms with Crippen LogP contribution >= 0.6 is 0 Å². The molecular formula is C18H20N2O4. The number of Topliss-reactive ketones (excluding diaryl/α,β-unsaturated/α-hetero) is 1. The summed E-state index contributed by atoms with van der Waals surface area (Å²) in [6, 6.07) is 5.39. The van der Waals surface area contributed by atoms with Gasteiger partial charge in [-0.2, -0.15) is 0 Å². The van der Waals surface area contributed by atoms with Crippen LogP contribution in [-0.2, 0) is 14.4 Å². The van der Waals surface area contributed by atoms with E-state index in [0.717, 1.165) is 5.56 Å². The van der Waals surface area contributed by atoms with Crippen molar-refractivity contribution >= 4 is 23.3 Å². The van der Waals surface area contributed by atoms with Crippen molar-refractivity contribution in [2.75, 3.05) is 12.4 Å². The number of hydrogen-bond acceptors (Lipinski definition) is 4. The van der Waals surface area contributed by atoms with E-state index in [4.69, 9.17) is 4.74 Å². The molecule has 0 saturated heterocycles. The molecular weight excluding hydrogens is 308 g/mol. The lowest BCUT2D eigenvalue weighted by atomic mass is 9.81. The van der Waals surface area contributed by atoms with Crippen LogP contribution in [0.4, 0.5) is 5.69 Å². The van der Waals surface area contributed by atoms with Crippen LogP contribution in [0.5, 0.6) is 5.75 Å². The number of aryl methyl sites for hydroxylation is 1. The fraction of sp³-hybridized carbons (Fsp3) is 0.389. The standard InChI is InChI=1S/C18H20N2O4/c1-10-6-7-11(24-2)8-14(10)20-18(23)12-9-16(22)19-13-4-3-5-15(21)17(12)13/h6-8,12H,3-5,9H2,1-2H3,(H,19,22)(H,20,23)/t12-/m0/s1. The Morgan fingerprint density at radius 1 is 1.29 bits per heavy atom. The number of carbonyl (C=O) groups excluding carboxylic acids is 3. The van der Waals surface area contributed by atoms with E-state index in [9.17, 15) is 14.4 Å². The predicted octanol–water partition coefficient (Wildman–Crippen LogP) is 2.09. The van der Waals surface area contributed by atoms with Crippen molar-refractivity contribution in [3.05, 3.63) is 35.0 Å². The first kappa shape index (κ1) is 16.2. The minimum Gasteiger partial charge on any atom is -0.497 e. The first-order chi connectivity index (χ1) is 11.5. The highest BCUT2D eigenvalue weighted by Crippen LogP contribution is 2.33. The molecule has 2 amide bonds. The number of anilines is 1. The van der Waals surface area contributed by atoms with Crippen molar-refractivity contribution in [1.82, 2.24) is 5.32 Å². The maximum atomic E-state index is 12.7. The van der Waals surface area contributed by atoms with Crippen molar-refractivity contribution in [2.45, 2.75) is 32.6 Å². The quantitative estimate of drug-likeness (QED) is 0.890. The van der Waals surface area contributed by atoms with Gasteiger partial charge >= 0.3 is 0 Å². The van der Waals surface area contributed by atoms with Gasteiger partial charge in [0.25, 0.3) is 0 Å². The largest absolute Gasteiger partial charge is 0.497 e. The topological polar surface area (TPSA) is 84.5 Å². The van der Waals surface area contributed by atoms with Gasteiger partial charge in [0.15, 0.2) is 5.78 Å². The van der Waals surface area contributed by atoms with Gasteiger partial charge in [0.05, 0.1) is 13.0 Å². The molecule has 1 aliphatic carbocycles. The van der Waals surface area contributed by atoms with Crippen LogP contribution in [0.2, 0.25) is 0 Å². The smallest absolute Gasteiger partial charge is 0.232 e. The fourth-order valence-corrected chi connectivity index (χ4v) is 3.21. The minimum atomic E-state index is -0.729. The number of hydrogen-bond donors (Lipinski definition) is 2. The average molecular weight is 328 g/mol. The Hall–Kier alpha value is -2.63. The summed E-state index contributed by atoms with van der Waals surface area (Å²) in [7, 11) is 1.56. The number of ketones is 1. The Morgan fingerprint density at radius 3 is 2.83 bits per heavy atom. The molecule has 6 nitrogen and oxygen atoms in total. The summed E-state index contributed by atoms with van der Waals surface area (Å²) < 4.78 is 5.18. The number of nitrogens with one attached hydrogen (secondary N) is 2. The van der Waals surface area contributed by atoms with Crippen LogP contribution in [0.3, 0.4) is 0 Å². The van der Waals surface area contributed by atoms with Crippen molar-refractivity contribution in [2.24, 2.45) is 5.92 Å². The second kappa shape index (κ2) is 6.47. The summed E-state index contributed by atoms with van der Waals surface area (Å²) in [5, 5.41) is 5.59. The van der Waals surface area contributed by atoms with E-state index in [-0.39, 0.29) is 24.0 Å². The van der Waals surface area contributed by atoms with Gasteiger partial charge in [-0.15, -0.1) is 0 Å². The molecule has 0 unspecified atom stereocenters. The third-order valence-corrected chi connectivity index (χ3v) is 4.50. The summed E-state index contributed by atoms with van der Waals surface area (Å²) >= 11 is 0. The molecule has 1 aliphatic heterocycles. The molecule has 0 aromatic heterocycles. The zero-order chi connectivity index (χ0) is 17.3. The van der Waals surface area contributed by atoms with Gasteiger partial charge in [-0.3, -0.25) is 14.4 Å². The number of benzene rings is 1. The lowest BCUT2D eigenvalue weighted by Crippen LogP contribution is -2.41. The Bertz CT molecular complexity index is 751. The molecule has 1 heterocycles. The minimum absolute atomic E-state index is 0.000573. The van der Waals surface area contributed by atoms with Gasteiger partial charge in [-0.1, -0.05) is 6.07 Å². The zero-order valence-corrected chi connectivity index (χ0v) is 13.8. The molecule has 2 aliphatic rings. The molecule has 1 atom stereocenters. The maximum Gasteiger partial charge on any atom is 0.232 e. The highest BCUT2D eigenvalue weighted by atomic mass is 16.5. The third-order valence-electron chi connectivity index (χ3n) is 4.50. The fourth-order valence-electron chi connectivity index (χ4n) is 3.21. The lowest BCUT2D eigenvalue weighted by molar-refractivity contribution is -0.128. The molecule has 24 heavy (non-hydrogen) atoms. The normalized spacial score (nSPS) is 20.3.